The Morgan fingerprint density at radius 2 is 1.80 bits per heavy atom. The van der Waals surface area contributed by atoms with Gasteiger partial charge in [0.1, 0.15) is 5.60 Å². The van der Waals surface area contributed by atoms with E-state index in [1.54, 1.807) is 7.11 Å². The maximum absolute atomic E-state index is 11.9. The third-order valence-electron chi connectivity index (χ3n) is 5.99. The molecule has 4 aliphatic rings. The summed E-state index contributed by atoms with van der Waals surface area (Å²) in [5.74, 6) is 2.53. The van der Waals surface area contributed by atoms with Crippen molar-refractivity contribution >= 4 is 5.97 Å². The minimum Gasteiger partial charge on any atom is -0.455 e. The lowest BCUT2D eigenvalue weighted by Gasteiger charge is -2.60. The van der Waals surface area contributed by atoms with E-state index in [0.717, 1.165) is 18.3 Å². The van der Waals surface area contributed by atoms with Gasteiger partial charge in [-0.1, -0.05) is 6.58 Å². The first-order valence-corrected chi connectivity index (χ1v) is 7.95. The maximum Gasteiger partial charge on any atom is 0.330 e. The van der Waals surface area contributed by atoms with Crippen molar-refractivity contribution in [3.05, 3.63) is 12.7 Å². The fraction of sp³-hybridized carbons (Fsp3) is 0.824. The van der Waals surface area contributed by atoms with Crippen LogP contribution in [0, 0.1) is 23.7 Å². The summed E-state index contributed by atoms with van der Waals surface area (Å²) in [6, 6.07) is 0. The minimum absolute atomic E-state index is 0.130. The molecule has 4 rings (SSSR count). The molecule has 0 aromatic carbocycles. The Bertz CT molecular complexity index is 373. The van der Waals surface area contributed by atoms with E-state index < -0.39 is 0 Å². The van der Waals surface area contributed by atoms with Crippen LogP contribution in [0.4, 0.5) is 0 Å². The number of carbonyl (C=O) groups is 1. The van der Waals surface area contributed by atoms with Crippen LogP contribution in [0.25, 0.3) is 0 Å². The zero-order chi connectivity index (χ0) is 14.3. The van der Waals surface area contributed by atoms with Gasteiger partial charge in [-0.2, -0.15) is 0 Å². The number of hydrogen-bond donors (Lipinski definition) is 0. The van der Waals surface area contributed by atoms with Crippen LogP contribution in [0.1, 0.15) is 45.4 Å². The van der Waals surface area contributed by atoms with Crippen LogP contribution >= 0.6 is 0 Å². The van der Waals surface area contributed by atoms with E-state index in [4.69, 9.17) is 9.47 Å². The van der Waals surface area contributed by atoms with Crippen molar-refractivity contribution < 1.29 is 14.3 Å². The zero-order valence-corrected chi connectivity index (χ0v) is 12.6. The van der Waals surface area contributed by atoms with E-state index in [0.29, 0.717) is 11.8 Å². The quantitative estimate of drug-likeness (QED) is 0.571. The van der Waals surface area contributed by atoms with Gasteiger partial charge in [-0.05, 0) is 62.7 Å². The monoisotopic (exact) mass is 278 g/mol. The molecule has 0 aromatic heterocycles. The van der Waals surface area contributed by atoms with Gasteiger partial charge in [-0.3, -0.25) is 0 Å². The molecule has 3 heteroatoms. The zero-order valence-electron chi connectivity index (χ0n) is 12.6. The number of carbonyl (C=O) groups excluding carboxylic acids is 1. The molecule has 1 atom stereocenters. The molecule has 4 fully saturated rings. The highest BCUT2D eigenvalue weighted by molar-refractivity contribution is 5.81. The molecule has 4 saturated carbocycles. The summed E-state index contributed by atoms with van der Waals surface area (Å²) in [6.07, 6.45) is 8.59. The first-order valence-electron chi connectivity index (χ1n) is 7.95. The molecule has 0 radical (unpaired) electrons. The minimum atomic E-state index is -0.297. The van der Waals surface area contributed by atoms with Gasteiger partial charge in [0.2, 0.25) is 0 Å². The van der Waals surface area contributed by atoms with Gasteiger partial charge in [0, 0.05) is 19.6 Å². The Morgan fingerprint density at radius 3 is 2.25 bits per heavy atom. The van der Waals surface area contributed by atoms with Gasteiger partial charge >= 0.3 is 5.97 Å². The summed E-state index contributed by atoms with van der Waals surface area (Å²) in [5.41, 5.74) is -0.297. The van der Waals surface area contributed by atoms with Crippen LogP contribution in [-0.4, -0.2) is 24.8 Å². The molecule has 0 aromatic rings. The molecule has 3 nitrogen and oxygen atoms in total. The smallest absolute Gasteiger partial charge is 0.330 e. The molecule has 4 aliphatic carbocycles. The summed E-state index contributed by atoms with van der Waals surface area (Å²) in [4.78, 5) is 11.9. The second kappa shape index (κ2) is 5.18. The van der Waals surface area contributed by atoms with E-state index in [1.807, 2.05) is 0 Å². The second-order valence-electron chi connectivity index (χ2n) is 7.14. The molecular weight excluding hydrogens is 252 g/mol. The molecule has 0 saturated heterocycles. The Kier molecular flexibility index (Phi) is 3.65. The maximum atomic E-state index is 11.9. The standard InChI is InChI=1S/C17H26O3/c1-4-16(18)20-17(10-11(2)19-3)14-6-12-5-13(8-14)9-15(17)7-12/h4,11-15H,1,5-10H2,2-3H3. The number of hydrogen-bond acceptors (Lipinski definition) is 3. The first-order chi connectivity index (χ1) is 9.57. The number of rotatable bonds is 5. The Hall–Kier alpha value is -0.830. The highest BCUT2D eigenvalue weighted by atomic mass is 16.6. The Morgan fingerprint density at radius 1 is 1.25 bits per heavy atom. The summed E-state index contributed by atoms with van der Waals surface area (Å²) in [6.45, 7) is 5.65. The van der Waals surface area contributed by atoms with Crippen molar-refractivity contribution in [2.45, 2.75) is 57.2 Å². The molecule has 0 N–H and O–H groups in total. The van der Waals surface area contributed by atoms with Crippen molar-refractivity contribution in [3.63, 3.8) is 0 Å². The van der Waals surface area contributed by atoms with Crippen molar-refractivity contribution in [1.82, 2.24) is 0 Å². The summed E-state index contributed by atoms with van der Waals surface area (Å²) >= 11 is 0. The summed E-state index contributed by atoms with van der Waals surface area (Å²) in [7, 11) is 1.74. The largest absolute Gasteiger partial charge is 0.455 e. The summed E-state index contributed by atoms with van der Waals surface area (Å²) in [5, 5.41) is 0. The fourth-order valence-electron chi connectivity index (χ4n) is 5.29. The highest BCUT2D eigenvalue weighted by Gasteiger charge is 2.59. The number of esters is 1. The second-order valence-corrected chi connectivity index (χ2v) is 7.14. The predicted molar refractivity (Wildman–Crippen MR) is 77.2 cm³/mol. The molecule has 1 unspecified atom stereocenters. The normalized spacial score (nSPS) is 43.3. The average Bonchev–Trinajstić information content (AvgIpc) is 2.43. The van der Waals surface area contributed by atoms with E-state index in [9.17, 15) is 4.79 Å². The topological polar surface area (TPSA) is 35.5 Å². The third kappa shape index (κ3) is 2.20. The summed E-state index contributed by atoms with van der Waals surface area (Å²) < 4.78 is 11.5. The van der Waals surface area contributed by atoms with Gasteiger partial charge in [-0.15, -0.1) is 0 Å². The average molecular weight is 278 g/mol. The molecule has 20 heavy (non-hydrogen) atoms. The van der Waals surface area contributed by atoms with E-state index in [-0.39, 0.29) is 17.7 Å². The number of methoxy groups -OCH3 is 1. The SMILES string of the molecule is C=CC(=O)OC1(CC(C)OC)C2CC3CC(C2)CC1C3. The molecule has 0 amide bonds. The van der Waals surface area contributed by atoms with Crippen LogP contribution in [0.5, 0.6) is 0 Å². The molecule has 112 valence electrons. The van der Waals surface area contributed by atoms with E-state index >= 15 is 0 Å². The van der Waals surface area contributed by atoms with Gasteiger partial charge in [0.15, 0.2) is 0 Å². The lowest BCUT2D eigenvalue weighted by molar-refractivity contribution is -0.214. The Labute approximate surface area is 121 Å². The lowest BCUT2D eigenvalue weighted by atomic mass is 9.49. The van der Waals surface area contributed by atoms with Crippen molar-refractivity contribution in [2.24, 2.45) is 23.7 Å². The van der Waals surface area contributed by atoms with Crippen LogP contribution < -0.4 is 0 Å². The molecule has 0 aliphatic heterocycles. The van der Waals surface area contributed by atoms with Crippen LogP contribution in [0.15, 0.2) is 12.7 Å². The van der Waals surface area contributed by atoms with Crippen LogP contribution in [-0.2, 0) is 14.3 Å². The van der Waals surface area contributed by atoms with Crippen LogP contribution in [0.2, 0.25) is 0 Å². The molecule has 4 bridgehead atoms. The first kappa shape index (κ1) is 14.1. The van der Waals surface area contributed by atoms with E-state index in [1.165, 1.54) is 38.2 Å². The molecular formula is C17H26O3. The third-order valence-corrected chi connectivity index (χ3v) is 5.99. The Balaban J connectivity index is 1.88. The number of ether oxygens (including phenoxy) is 2. The fourth-order valence-corrected chi connectivity index (χ4v) is 5.29. The van der Waals surface area contributed by atoms with Crippen molar-refractivity contribution in [1.29, 1.82) is 0 Å². The lowest BCUT2D eigenvalue weighted by Crippen LogP contribution is -2.60. The van der Waals surface area contributed by atoms with Gasteiger partial charge in [0.05, 0.1) is 6.10 Å². The van der Waals surface area contributed by atoms with Crippen molar-refractivity contribution in [2.75, 3.05) is 7.11 Å². The molecule has 0 spiro atoms. The predicted octanol–water partition coefficient (Wildman–Crippen LogP) is 3.34. The van der Waals surface area contributed by atoms with Gasteiger partial charge in [-0.25, -0.2) is 4.79 Å². The highest BCUT2D eigenvalue weighted by Crippen LogP contribution is 2.61. The van der Waals surface area contributed by atoms with Crippen LogP contribution in [0.3, 0.4) is 0 Å². The van der Waals surface area contributed by atoms with Crippen molar-refractivity contribution in [3.8, 4) is 0 Å². The van der Waals surface area contributed by atoms with Gasteiger partial charge in [0.25, 0.3) is 0 Å². The van der Waals surface area contributed by atoms with Gasteiger partial charge < -0.3 is 9.47 Å². The van der Waals surface area contributed by atoms with E-state index in [2.05, 4.69) is 13.5 Å². The molecule has 0 heterocycles.